The topological polar surface area (TPSA) is 47.3 Å². The molecular weight excluding hydrogens is 287 g/mol. The van der Waals surface area contributed by atoms with Crippen molar-refractivity contribution in [1.29, 1.82) is 0 Å². The first-order valence-corrected chi connectivity index (χ1v) is 7.39. The summed E-state index contributed by atoms with van der Waals surface area (Å²) in [6.07, 6.45) is 0. The van der Waals surface area contributed by atoms with E-state index in [4.69, 9.17) is 10.6 Å². The Kier molecular flexibility index (Phi) is 3.88. The van der Waals surface area contributed by atoms with Gasteiger partial charge in [-0.15, -0.1) is 11.3 Å². The molecule has 0 aliphatic heterocycles. The monoisotopic (exact) mass is 302 g/mol. The molecule has 3 N–H and O–H groups in total. The van der Waals surface area contributed by atoms with Crippen molar-refractivity contribution in [1.82, 2.24) is 5.43 Å². The van der Waals surface area contributed by atoms with Crippen LogP contribution in [-0.2, 0) is 0 Å². The molecule has 108 valence electrons. The quantitative estimate of drug-likeness (QED) is 0.572. The first-order chi connectivity index (χ1) is 10.3. The molecule has 1 heterocycles. The Morgan fingerprint density at radius 1 is 1.19 bits per heavy atom. The largest absolute Gasteiger partial charge is 0.496 e. The third kappa shape index (κ3) is 2.40. The number of halogens is 1. The molecule has 2 aromatic carbocycles. The average Bonchev–Trinajstić information content (AvgIpc) is 2.98. The third-order valence-electron chi connectivity index (χ3n) is 3.51. The van der Waals surface area contributed by atoms with E-state index in [9.17, 15) is 4.39 Å². The van der Waals surface area contributed by atoms with Crippen LogP contribution in [0.3, 0.4) is 0 Å². The van der Waals surface area contributed by atoms with Crippen molar-refractivity contribution >= 4 is 21.4 Å². The number of ether oxygens (including phenoxy) is 1. The number of thiophene rings is 1. The molecule has 0 spiro atoms. The van der Waals surface area contributed by atoms with E-state index in [0.29, 0.717) is 11.3 Å². The van der Waals surface area contributed by atoms with Crippen LogP contribution >= 0.6 is 11.3 Å². The molecule has 0 radical (unpaired) electrons. The fourth-order valence-electron chi connectivity index (χ4n) is 2.55. The number of nitrogens with two attached hydrogens (primary N) is 1. The van der Waals surface area contributed by atoms with Crippen LogP contribution in [0.2, 0.25) is 0 Å². The van der Waals surface area contributed by atoms with E-state index in [-0.39, 0.29) is 5.82 Å². The molecule has 0 saturated carbocycles. The minimum Gasteiger partial charge on any atom is -0.496 e. The van der Waals surface area contributed by atoms with Gasteiger partial charge in [0, 0.05) is 4.70 Å². The molecule has 21 heavy (non-hydrogen) atoms. The number of nitrogens with one attached hydrogen (secondary N) is 1. The number of benzene rings is 2. The molecule has 0 aliphatic rings. The number of fused-ring (bicyclic) bond motifs is 1. The highest BCUT2D eigenvalue weighted by Crippen LogP contribution is 2.36. The molecule has 1 aromatic heterocycles. The summed E-state index contributed by atoms with van der Waals surface area (Å²) in [5.41, 5.74) is 4.08. The third-order valence-corrected chi connectivity index (χ3v) is 4.49. The molecule has 1 atom stereocenters. The molecule has 1 unspecified atom stereocenters. The summed E-state index contributed by atoms with van der Waals surface area (Å²) in [5, 5.41) is 3.13. The fraction of sp³-hybridized carbons (Fsp3) is 0.125. The van der Waals surface area contributed by atoms with Gasteiger partial charge in [-0.3, -0.25) is 5.84 Å². The summed E-state index contributed by atoms with van der Waals surface area (Å²) in [4.78, 5) is 0. The highest BCUT2D eigenvalue weighted by atomic mass is 32.1. The standard InChI is InChI=1S/C16H15FN2OS/c1-20-13-7-3-6-12(17)14(13)15(19-18)11-5-2-4-10-8-9-21-16(10)11/h2-9,15,19H,18H2,1H3. The molecule has 0 fully saturated rings. The van der Waals surface area contributed by atoms with Gasteiger partial charge in [-0.1, -0.05) is 24.3 Å². The highest BCUT2D eigenvalue weighted by molar-refractivity contribution is 7.17. The molecule has 3 nitrogen and oxygen atoms in total. The maximum absolute atomic E-state index is 14.3. The van der Waals surface area contributed by atoms with Crippen LogP contribution in [0.1, 0.15) is 17.2 Å². The zero-order valence-corrected chi connectivity index (χ0v) is 12.3. The Labute approximate surface area is 126 Å². The molecule has 0 bridgehead atoms. The van der Waals surface area contributed by atoms with Gasteiger partial charge >= 0.3 is 0 Å². The molecule has 3 rings (SSSR count). The zero-order valence-electron chi connectivity index (χ0n) is 11.5. The van der Waals surface area contributed by atoms with Crippen LogP contribution in [0.4, 0.5) is 4.39 Å². The van der Waals surface area contributed by atoms with Gasteiger partial charge in [0.25, 0.3) is 0 Å². The van der Waals surface area contributed by atoms with Crippen molar-refractivity contribution < 1.29 is 9.13 Å². The van der Waals surface area contributed by atoms with Crippen molar-refractivity contribution in [3.8, 4) is 5.75 Å². The number of hydrogen-bond donors (Lipinski definition) is 2. The number of hydrazine groups is 1. The molecule has 0 aliphatic carbocycles. The Morgan fingerprint density at radius 2 is 2.00 bits per heavy atom. The van der Waals surface area contributed by atoms with E-state index in [2.05, 4.69) is 5.43 Å². The maximum Gasteiger partial charge on any atom is 0.132 e. The Morgan fingerprint density at radius 3 is 2.76 bits per heavy atom. The minimum atomic E-state index is -0.469. The number of rotatable bonds is 4. The highest BCUT2D eigenvalue weighted by Gasteiger charge is 2.23. The van der Waals surface area contributed by atoms with Crippen molar-refractivity contribution in [3.63, 3.8) is 0 Å². The van der Waals surface area contributed by atoms with Gasteiger partial charge in [0.15, 0.2) is 0 Å². The van der Waals surface area contributed by atoms with Crippen LogP contribution in [0.5, 0.6) is 5.75 Å². The summed E-state index contributed by atoms with van der Waals surface area (Å²) >= 11 is 1.61. The van der Waals surface area contributed by atoms with Crippen LogP contribution in [0.25, 0.3) is 10.1 Å². The van der Waals surface area contributed by atoms with Crippen LogP contribution in [-0.4, -0.2) is 7.11 Å². The van der Waals surface area contributed by atoms with Crippen LogP contribution < -0.4 is 16.0 Å². The van der Waals surface area contributed by atoms with Crippen molar-refractivity contribution in [2.45, 2.75) is 6.04 Å². The average molecular weight is 302 g/mol. The lowest BCUT2D eigenvalue weighted by Gasteiger charge is -2.20. The van der Waals surface area contributed by atoms with E-state index in [0.717, 1.165) is 15.6 Å². The fourth-order valence-corrected chi connectivity index (χ4v) is 3.49. The second-order valence-electron chi connectivity index (χ2n) is 4.64. The first-order valence-electron chi connectivity index (χ1n) is 6.51. The SMILES string of the molecule is COc1cccc(F)c1C(NN)c1cccc2ccsc12. The Bertz CT molecular complexity index is 772. The van der Waals surface area contributed by atoms with Crippen molar-refractivity contribution in [2.75, 3.05) is 7.11 Å². The van der Waals surface area contributed by atoms with Gasteiger partial charge in [0.05, 0.1) is 18.7 Å². The first kappa shape index (κ1) is 14.0. The lowest BCUT2D eigenvalue weighted by molar-refractivity contribution is 0.397. The van der Waals surface area contributed by atoms with Gasteiger partial charge in [-0.05, 0) is 34.5 Å². The summed E-state index contributed by atoms with van der Waals surface area (Å²) in [5.74, 6) is 5.86. The summed E-state index contributed by atoms with van der Waals surface area (Å²) in [6.45, 7) is 0. The molecular formula is C16H15FN2OS. The number of methoxy groups -OCH3 is 1. The predicted molar refractivity (Wildman–Crippen MR) is 83.9 cm³/mol. The normalized spacial score (nSPS) is 12.5. The maximum atomic E-state index is 14.3. The van der Waals surface area contributed by atoms with E-state index in [1.807, 2.05) is 29.6 Å². The Hall–Kier alpha value is -1.95. The van der Waals surface area contributed by atoms with Crippen LogP contribution in [0, 0.1) is 5.82 Å². The minimum absolute atomic E-state index is 0.342. The second-order valence-corrected chi connectivity index (χ2v) is 5.56. The van der Waals surface area contributed by atoms with Crippen molar-refractivity contribution in [3.05, 3.63) is 64.8 Å². The van der Waals surface area contributed by atoms with E-state index < -0.39 is 6.04 Å². The summed E-state index contributed by atoms with van der Waals surface area (Å²) < 4.78 is 20.7. The molecule has 0 saturated heterocycles. The summed E-state index contributed by atoms with van der Waals surface area (Å²) in [7, 11) is 1.53. The predicted octanol–water partition coefficient (Wildman–Crippen LogP) is 3.60. The van der Waals surface area contributed by atoms with E-state index in [1.54, 1.807) is 23.5 Å². The van der Waals surface area contributed by atoms with Gasteiger partial charge < -0.3 is 4.74 Å². The van der Waals surface area contributed by atoms with E-state index >= 15 is 0 Å². The molecule has 5 heteroatoms. The van der Waals surface area contributed by atoms with Gasteiger partial charge in [0.2, 0.25) is 0 Å². The van der Waals surface area contributed by atoms with Crippen molar-refractivity contribution in [2.24, 2.45) is 5.84 Å². The van der Waals surface area contributed by atoms with Crippen LogP contribution in [0.15, 0.2) is 47.8 Å². The summed E-state index contributed by atoms with van der Waals surface area (Å²) in [6, 6.07) is 12.3. The van der Waals surface area contributed by atoms with E-state index in [1.165, 1.54) is 13.2 Å². The smallest absolute Gasteiger partial charge is 0.132 e. The lowest BCUT2D eigenvalue weighted by Crippen LogP contribution is -2.30. The second kappa shape index (κ2) is 5.81. The van der Waals surface area contributed by atoms with Gasteiger partial charge in [-0.25, -0.2) is 9.82 Å². The number of hydrogen-bond acceptors (Lipinski definition) is 4. The van der Waals surface area contributed by atoms with Gasteiger partial charge in [0.1, 0.15) is 11.6 Å². The Balaban J connectivity index is 2.22. The molecule has 0 amide bonds. The zero-order chi connectivity index (χ0) is 14.8. The van der Waals surface area contributed by atoms with Gasteiger partial charge in [-0.2, -0.15) is 0 Å². The lowest BCUT2D eigenvalue weighted by atomic mass is 9.97. The molecule has 3 aromatic rings.